The maximum Gasteiger partial charge on any atom is 0.248 e. The maximum atomic E-state index is 11.2. The molecule has 1 amide bonds. The van der Waals surface area contributed by atoms with Gasteiger partial charge < -0.3 is 20.1 Å². The van der Waals surface area contributed by atoms with Gasteiger partial charge in [0.25, 0.3) is 0 Å². The number of nitrogens with one attached hydrogen (secondary N) is 1. The molecule has 1 saturated heterocycles. The smallest absolute Gasteiger partial charge is 0.248 e. The van der Waals surface area contributed by atoms with Crippen LogP contribution in [0, 0.1) is 0 Å². The number of amides is 1. The van der Waals surface area contributed by atoms with Crippen molar-refractivity contribution in [1.82, 2.24) is 10.2 Å². The Balaban J connectivity index is 0.00000106. The standard InChI is InChI=1S/C9H18N2O3.C2H6/c1-2-10-5-8-6-11(3-4-14-8)9(13)7-12;1-2/h8,10,12H,2-7H2,1H3;1-2H3. The van der Waals surface area contributed by atoms with E-state index in [1.165, 1.54) is 0 Å². The molecule has 0 radical (unpaired) electrons. The second-order valence-electron chi connectivity index (χ2n) is 3.30. The Morgan fingerprint density at radius 2 is 2.25 bits per heavy atom. The molecule has 1 unspecified atom stereocenters. The van der Waals surface area contributed by atoms with Crippen molar-refractivity contribution in [2.45, 2.75) is 26.9 Å². The summed E-state index contributed by atoms with van der Waals surface area (Å²) < 4.78 is 5.47. The van der Waals surface area contributed by atoms with Crippen LogP contribution < -0.4 is 5.32 Å². The van der Waals surface area contributed by atoms with Gasteiger partial charge in [-0.25, -0.2) is 0 Å². The van der Waals surface area contributed by atoms with E-state index >= 15 is 0 Å². The van der Waals surface area contributed by atoms with Gasteiger partial charge in [0.05, 0.1) is 12.7 Å². The van der Waals surface area contributed by atoms with E-state index in [9.17, 15) is 4.79 Å². The number of aliphatic hydroxyl groups is 1. The molecular weight excluding hydrogens is 208 g/mol. The van der Waals surface area contributed by atoms with E-state index in [1.54, 1.807) is 4.90 Å². The first kappa shape index (κ1) is 15.3. The number of likely N-dealkylation sites (N-methyl/N-ethyl adjacent to an activating group) is 1. The summed E-state index contributed by atoms with van der Waals surface area (Å²) in [4.78, 5) is 12.8. The van der Waals surface area contributed by atoms with Crippen LogP contribution in [0.5, 0.6) is 0 Å². The molecule has 1 aliphatic rings. The number of nitrogens with zero attached hydrogens (tertiary/aromatic N) is 1. The monoisotopic (exact) mass is 232 g/mol. The largest absolute Gasteiger partial charge is 0.387 e. The zero-order valence-electron chi connectivity index (χ0n) is 10.5. The number of carbonyl (C=O) groups excluding carboxylic acids is 1. The number of hydrogen-bond donors (Lipinski definition) is 2. The fourth-order valence-electron chi connectivity index (χ4n) is 1.47. The molecule has 16 heavy (non-hydrogen) atoms. The third kappa shape index (κ3) is 5.44. The Kier molecular flexibility index (Phi) is 9.18. The molecule has 0 aromatic carbocycles. The lowest BCUT2D eigenvalue weighted by Gasteiger charge is -2.32. The predicted molar refractivity (Wildman–Crippen MR) is 63.3 cm³/mol. The van der Waals surface area contributed by atoms with E-state index < -0.39 is 6.61 Å². The van der Waals surface area contributed by atoms with Crippen LogP contribution in [0.1, 0.15) is 20.8 Å². The van der Waals surface area contributed by atoms with Gasteiger partial charge >= 0.3 is 0 Å². The molecule has 5 heteroatoms. The summed E-state index contributed by atoms with van der Waals surface area (Å²) >= 11 is 0. The summed E-state index contributed by atoms with van der Waals surface area (Å²) in [6, 6.07) is 0. The van der Waals surface area contributed by atoms with E-state index in [2.05, 4.69) is 5.32 Å². The van der Waals surface area contributed by atoms with Crippen LogP contribution in [-0.2, 0) is 9.53 Å². The second kappa shape index (κ2) is 9.57. The molecular formula is C11H24N2O3. The number of hydrogen-bond acceptors (Lipinski definition) is 4. The van der Waals surface area contributed by atoms with Crippen molar-refractivity contribution >= 4 is 5.91 Å². The first-order chi connectivity index (χ1) is 7.77. The van der Waals surface area contributed by atoms with Crippen LogP contribution in [0.15, 0.2) is 0 Å². The maximum absolute atomic E-state index is 11.2. The average Bonchev–Trinajstić information content (AvgIpc) is 2.38. The fraction of sp³-hybridized carbons (Fsp3) is 0.909. The number of aliphatic hydroxyl groups excluding tert-OH is 1. The molecule has 1 rings (SSSR count). The van der Waals surface area contributed by atoms with Crippen LogP contribution in [0.3, 0.4) is 0 Å². The van der Waals surface area contributed by atoms with Crippen molar-refractivity contribution in [2.75, 3.05) is 39.4 Å². The third-order valence-electron chi connectivity index (χ3n) is 2.25. The molecule has 1 fully saturated rings. The summed E-state index contributed by atoms with van der Waals surface area (Å²) in [6.07, 6.45) is 0.0548. The van der Waals surface area contributed by atoms with E-state index in [4.69, 9.17) is 9.84 Å². The molecule has 1 aliphatic heterocycles. The summed E-state index contributed by atoms with van der Waals surface area (Å²) in [5.41, 5.74) is 0. The van der Waals surface area contributed by atoms with Crippen LogP contribution in [0.4, 0.5) is 0 Å². The van der Waals surface area contributed by atoms with Crippen LogP contribution in [0.2, 0.25) is 0 Å². The molecule has 0 saturated carbocycles. The minimum Gasteiger partial charge on any atom is -0.387 e. The van der Waals surface area contributed by atoms with E-state index in [1.807, 2.05) is 20.8 Å². The summed E-state index contributed by atoms with van der Waals surface area (Å²) in [5.74, 6) is -0.213. The molecule has 0 aromatic rings. The lowest BCUT2D eigenvalue weighted by molar-refractivity contribution is -0.141. The molecule has 5 nitrogen and oxygen atoms in total. The summed E-state index contributed by atoms with van der Waals surface area (Å²) in [5, 5.41) is 11.9. The molecule has 2 N–H and O–H groups in total. The third-order valence-corrected chi connectivity index (χ3v) is 2.25. The van der Waals surface area contributed by atoms with Gasteiger partial charge in [-0.1, -0.05) is 20.8 Å². The van der Waals surface area contributed by atoms with Crippen molar-refractivity contribution in [1.29, 1.82) is 0 Å². The van der Waals surface area contributed by atoms with Crippen molar-refractivity contribution in [3.63, 3.8) is 0 Å². The zero-order valence-corrected chi connectivity index (χ0v) is 10.5. The topological polar surface area (TPSA) is 61.8 Å². The average molecular weight is 232 g/mol. The van der Waals surface area contributed by atoms with E-state index in [0.29, 0.717) is 19.7 Å². The van der Waals surface area contributed by atoms with Gasteiger partial charge in [0.2, 0.25) is 5.91 Å². The Morgan fingerprint density at radius 1 is 1.56 bits per heavy atom. The van der Waals surface area contributed by atoms with Gasteiger partial charge in [-0.15, -0.1) is 0 Å². The Hall–Kier alpha value is -0.650. The quantitative estimate of drug-likeness (QED) is 0.707. The Morgan fingerprint density at radius 3 is 2.81 bits per heavy atom. The van der Waals surface area contributed by atoms with Gasteiger partial charge in [-0.2, -0.15) is 0 Å². The summed E-state index contributed by atoms with van der Waals surface area (Å²) in [7, 11) is 0. The van der Waals surface area contributed by atoms with Crippen LogP contribution >= 0.6 is 0 Å². The number of ether oxygens (including phenoxy) is 1. The molecule has 0 bridgehead atoms. The van der Waals surface area contributed by atoms with Crippen molar-refractivity contribution < 1.29 is 14.6 Å². The highest BCUT2D eigenvalue weighted by Crippen LogP contribution is 2.04. The Bertz CT molecular complexity index is 188. The number of carbonyl (C=O) groups is 1. The molecule has 1 heterocycles. The van der Waals surface area contributed by atoms with Gasteiger partial charge in [0.1, 0.15) is 6.61 Å². The van der Waals surface area contributed by atoms with E-state index in [-0.39, 0.29) is 12.0 Å². The molecule has 0 aromatic heterocycles. The SMILES string of the molecule is CC.CCNCC1CN(C(=O)CO)CCO1. The van der Waals surface area contributed by atoms with Gasteiger partial charge in [0.15, 0.2) is 0 Å². The highest BCUT2D eigenvalue weighted by molar-refractivity contribution is 5.77. The first-order valence-electron chi connectivity index (χ1n) is 5.99. The first-order valence-corrected chi connectivity index (χ1v) is 5.99. The lowest BCUT2D eigenvalue weighted by atomic mass is 10.2. The molecule has 0 aliphatic carbocycles. The zero-order chi connectivity index (χ0) is 12.4. The summed E-state index contributed by atoms with van der Waals surface area (Å²) in [6.45, 7) is 8.99. The van der Waals surface area contributed by atoms with Gasteiger partial charge in [-0.3, -0.25) is 4.79 Å². The van der Waals surface area contributed by atoms with Crippen molar-refractivity contribution in [3.05, 3.63) is 0 Å². The Labute approximate surface area is 97.8 Å². The lowest BCUT2D eigenvalue weighted by Crippen LogP contribution is -2.49. The second-order valence-corrected chi connectivity index (χ2v) is 3.30. The highest BCUT2D eigenvalue weighted by atomic mass is 16.5. The van der Waals surface area contributed by atoms with E-state index in [0.717, 1.165) is 13.1 Å². The number of rotatable bonds is 4. The molecule has 96 valence electrons. The van der Waals surface area contributed by atoms with Crippen molar-refractivity contribution in [2.24, 2.45) is 0 Å². The minimum atomic E-state index is -0.409. The number of morpholine rings is 1. The normalized spacial score (nSPS) is 20.0. The predicted octanol–water partition coefficient (Wildman–Crippen LogP) is -0.158. The fourth-order valence-corrected chi connectivity index (χ4v) is 1.47. The van der Waals surface area contributed by atoms with Gasteiger partial charge in [0, 0.05) is 19.6 Å². The van der Waals surface area contributed by atoms with Crippen LogP contribution in [-0.4, -0.2) is 61.4 Å². The molecule has 0 spiro atoms. The minimum absolute atomic E-state index is 0.0548. The van der Waals surface area contributed by atoms with Crippen LogP contribution in [0.25, 0.3) is 0 Å². The van der Waals surface area contributed by atoms with Crippen molar-refractivity contribution in [3.8, 4) is 0 Å². The highest BCUT2D eigenvalue weighted by Gasteiger charge is 2.22. The van der Waals surface area contributed by atoms with Gasteiger partial charge in [-0.05, 0) is 6.54 Å². The molecule has 1 atom stereocenters.